The summed E-state index contributed by atoms with van der Waals surface area (Å²) in [7, 11) is 0. The van der Waals surface area contributed by atoms with Crippen molar-refractivity contribution in [3.63, 3.8) is 0 Å². The van der Waals surface area contributed by atoms with Crippen LogP contribution >= 0.6 is 0 Å². The Morgan fingerprint density at radius 3 is 2.26 bits per heavy atom. The van der Waals surface area contributed by atoms with Crippen molar-refractivity contribution in [1.82, 2.24) is 0 Å². The largest absolute Gasteiger partial charge is 0.456 e. The standard InChI is InChI=1S/C26H20F5NO3/c1-13-9-16(27)5-8-23(13)35-24-12-19(15-3-4-15)21(26(29,30)31)11-20(24)25(34)32-17-6-7-22(28)18(10-17)14(2)33/h5-12,15H,3-4H2,1-2H3,(H,32,34). The number of ketones is 1. The van der Waals surface area contributed by atoms with Crippen LogP contribution in [0.2, 0.25) is 0 Å². The molecule has 0 atom stereocenters. The molecule has 182 valence electrons. The van der Waals surface area contributed by atoms with Crippen LogP contribution in [0, 0.1) is 18.6 Å². The number of ether oxygens (including phenoxy) is 1. The summed E-state index contributed by atoms with van der Waals surface area (Å²) < 4.78 is 74.8. The highest BCUT2D eigenvalue weighted by Gasteiger charge is 2.40. The molecule has 4 nitrogen and oxygen atoms in total. The first kappa shape index (κ1) is 24.4. The van der Waals surface area contributed by atoms with Gasteiger partial charge < -0.3 is 10.1 Å². The van der Waals surface area contributed by atoms with E-state index in [9.17, 15) is 31.5 Å². The van der Waals surface area contributed by atoms with Crippen LogP contribution in [0.25, 0.3) is 0 Å². The molecule has 0 heterocycles. The van der Waals surface area contributed by atoms with Crippen LogP contribution in [0.1, 0.15) is 63.1 Å². The fraction of sp³-hybridized carbons (Fsp3) is 0.231. The molecule has 0 aromatic heterocycles. The third kappa shape index (κ3) is 5.34. The fourth-order valence-electron chi connectivity index (χ4n) is 3.75. The molecule has 1 fully saturated rings. The van der Waals surface area contributed by atoms with E-state index in [2.05, 4.69) is 5.32 Å². The lowest BCUT2D eigenvalue weighted by Crippen LogP contribution is -2.17. The fourth-order valence-corrected chi connectivity index (χ4v) is 3.75. The van der Waals surface area contributed by atoms with Crippen molar-refractivity contribution in [1.29, 1.82) is 0 Å². The Bertz CT molecular complexity index is 1330. The molecule has 3 aromatic rings. The van der Waals surface area contributed by atoms with Crippen LogP contribution in [0.5, 0.6) is 11.5 Å². The third-order valence-corrected chi connectivity index (χ3v) is 5.68. The molecular formula is C26H20F5NO3. The van der Waals surface area contributed by atoms with Crippen molar-refractivity contribution < 1.29 is 36.3 Å². The normalized spacial score (nSPS) is 13.5. The van der Waals surface area contributed by atoms with Gasteiger partial charge in [-0.2, -0.15) is 13.2 Å². The van der Waals surface area contributed by atoms with E-state index in [-0.39, 0.29) is 34.2 Å². The van der Waals surface area contributed by atoms with Crippen molar-refractivity contribution in [3.8, 4) is 11.5 Å². The second-order valence-electron chi connectivity index (χ2n) is 8.42. The SMILES string of the molecule is CC(=O)c1cc(NC(=O)c2cc(C(F)(F)F)c(C3CC3)cc2Oc2ccc(F)cc2C)ccc1F. The zero-order valence-electron chi connectivity index (χ0n) is 18.7. The zero-order chi connectivity index (χ0) is 25.5. The Morgan fingerprint density at radius 2 is 1.66 bits per heavy atom. The first-order valence-corrected chi connectivity index (χ1v) is 10.7. The van der Waals surface area contributed by atoms with Crippen LogP contribution < -0.4 is 10.1 Å². The van der Waals surface area contributed by atoms with Gasteiger partial charge in [0.15, 0.2) is 5.78 Å². The van der Waals surface area contributed by atoms with Gasteiger partial charge in [0.1, 0.15) is 23.1 Å². The van der Waals surface area contributed by atoms with Gasteiger partial charge in [-0.25, -0.2) is 8.78 Å². The van der Waals surface area contributed by atoms with E-state index in [1.165, 1.54) is 24.3 Å². The predicted molar refractivity (Wildman–Crippen MR) is 119 cm³/mol. The molecule has 0 spiro atoms. The first-order valence-electron chi connectivity index (χ1n) is 10.7. The summed E-state index contributed by atoms with van der Waals surface area (Å²) in [6.07, 6.45) is -3.56. The smallest absolute Gasteiger partial charge is 0.416 e. The highest BCUT2D eigenvalue weighted by atomic mass is 19.4. The summed E-state index contributed by atoms with van der Waals surface area (Å²) in [6, 6.07) is 8.84. The van der Waals surface area contributed by atoms with Crippen molar-refractivity contribution in [2.45, 2.75) is 38.8 Å². The maximum atomic E-state index is 13.9. The molecule has 35 heavy (non-hydrogen) atoms. The molecular weight excluding hydrogens is 469 g/mol. The van der Waals surface area contributed by atoms with Gasteiger partial charge in [0.2, 0.25) is 0 Å². The van der Waals surface area contributed by atoms with Crippen LogP contribution in [0.15, 0.2) is 48.5 Å². The number of nitrogens with one attached hydrogen (secondary N) is 1. The van der Waals surface area contributed by atoms with E-state index in [1.54, 1.807) is 6.92 Å². The number of carbonyl (C=O) groups excluding carboxylic acids is 2. The summed E-state index contributed by atoms with van der Waals surface area (Å²) in [5.74, 6) is -3.12. The molecule has 1 saturated carbocycles. The van der Waals surface area contributed by atoms with E-state index < -0.39 is 40.6 Å². The average molecular weight is 489 g/mol. The molecule has 1 aliphatic carbocycles. The first-order chi connectivity index (χ1) is 16.4. The molecule has 4 rings (SSSR count). The number of aryl methyl sites for hydroxylation is 1. The van der Waals surface area contributed by atoms with Crippen LogP contribution in [0.3, 0.4) is 0 Å². The van der Waals surface area contributed by atoms with Gasteiger partial charge >= 0.3 is 6.18 Å². The molecule has 0 radical (unpaired) electrons. The van der Waals surface area contributed by atoms with Crippen LogP contribution in [-0.4, -0.2) is 11.7 Å². The number of alkyl halides is 3. The molecule has 3 aromatic carbocycles. The maximum absolute atomic E-state index is 13.9. The van der Waals surface area contributed by atoms with E-state index >= 15 is 0 Å². The van der Waals surface area contributed by atoms with Crippen LogP contribution in [0.4, 0.5) is 27.6 Å². The summed E-state index contributed by atoms with van der Waals surface area (Å²) in [4.78, 5) is 24.7. The number of carbonyl (C=O) groups is 2. The summed E-state index contributed by atoms with van der Waals surface area (Å²) in [5, 5.41) is 2.41. The highest BCUT2D eigenvalue weighted by molar-refractivity contribution is 6.07. The predicted octanol–water partition coefficient (Wildman–Crippen LogP) is 7.42. The molecule has 0 aliphatic heterocycles. The molecule has 1 amide bonds. The number of amides is 1. The third-order valence-electron chi connectivity index (χ3n) is 5.68. The number of rotatable bonds is 6. The van der Waals surface area contributed by atoms with Crippen molar-refractivity contribution in [2.24, 2.45) is 0 Å². The summed E-state index contributed by atoms with van der Waals surface area (Å²) in [5.41, 5.74) is -1.22. The van der Waals surface area contributed by atoms with Gasteiger partial charge in [-0.05, 0) is 92.3 Å². The lowest BCUT2D eigenvalue weighted by Gasteiger charge is -2.19. The Hall–Kier alpha value is -3.75. The number of Topliss-reactive ketones (excluding diaryl/α,β-unsaturated/α-hetero) is 1. The second-order valence-corrected chi connectivity index (χ2v) is 8.42. The molecule has 1 aliphatic rings. The Morgan fingerprint density at radius 1 is 0.943 bits per heavy atom. The van der Waals surface area contributed by atoms with E-state index in [4.69, 9.17) is 4.74 Å². The topological polar surface area (TPSA) is 55.4 Å². The number of halogens is 5. The van der Waals surface area contributed by atoms with Crippen LogP contribution in [-0.2, 0) is 6.18 Å². The Labute approximate surface area is 197 Å². The van der Waals surface area contributed by atoms with Gasteiger partial charge in [0, 0.05) is 5.69 Å². The molecule has 1 N–H and O–H groups in total. The number of anilines is 1. The Kier molecular flexibility index (Phi) is 6.36. The van der Waals surface area contributed by atoms with E-state index in [0.717, 1.165) is 31.2 Å². The minimum absolute atomic E-state index is 0.0180. The van der Waals surface area contributed by atoms with Gasteiger partial charge in [-0.3, -0.25) is 9.59 Å². The lowest BCUT2D eigenvalue weighted by atomic mass is 9.98. The van der Waals surface area contributed by atoms with Crippen molar-refractivity contribution >= 4 is 17.4 Å². The molecule has 0 saturated heterocycles. The minimum Gasteiger partial charge on any atom is -0.456 e. The highest BCUT2D eigenvalue weighted by Crippen LogP contribution is 2.48. The second kappa shape index (κ2) is 9.13. The monoisotopic (exact) mass is 489 g/mol. The van der Waals surface area contributed by atoms with Crippen molar-refractivity contribution in [3.05, 3.63) is 88.0 Å². The molecule has 0 unspecified atom stereocenters. The maximum Gasteiger partial charge on any atom is 0.416 e. The van der Waals surface area contributed by atoms with Crippen molar-refractivity contribution in [2.75, 3.05) is 5.32 Å². The number of hydrogen-bond donors (Lipinski definition) is 1. The van der Waals surface area contributed by atoms with E-state index in [1.807, 2.05) is 0 Å². The Balaban J connectivity index is 1.79. The van der Waals surface area contributed by atoms with Gasteiger partial charge in [-0.15, -0.1) is 0 Å². The van der Waals surface area contributed by atoms with Gasteiger partial charge in [0.05, 0.1) is 16.7 Å². The quantitative estimate of drug-likeness (QED) is 0.290. The average Bonchev–Trinajstić information content (AvgIpc) is 3.61. The number of benzene rings is 3. The summed E-state index contributed by atoms with van der Waals surface area (Å²) >= 11 is 0. The zero-order valence-corrected chi connectivity index (χ0v) is 18.7. The van der Waals surface area contributed by atoms with E-state index in [0.29, 0.717) is 18.4 Å². The number of hydrogen-bond acceptors (Lipinski definition) is 3. The molecule has 0 bridgehead atoms. The van der Waals surface area contributed by atoms with Gasteiger partial charge in [0.25, 0.3) is 5.91 Å². The molecule has 9 heteroatoms. The summed E-state index contributed by atoms with van der Waals surface area (Å²) in [6.45, 7) is 2.71. The van der Waals surface area contributed by atoms with Gasteiger partial charge in [-0.1, -0.05) is 0 Å². The minimum atomic E-state index is -4.71. The lowest BCUT2D eigenvalue weighted by molar-refractivity contribution is -0.138.